The molecule has 1 aromatic carbocycles. The minimum atomic E-state index is -0.567. The summed E-state index contributed by atoms with van der Waals surface area (Å²) in [6, 6.07) is 7.99. The lowest BCUT2D eigenvalue weighted by Crippen LogP contribution is -2.65. The number of carbonyl (C=O) groups is 2. The first-order valence-electron chi connectivity index (χ1n) is 9.82. The number of allylic oxidation sites excluding steroid dienone is 2. The van der Waals surface area contributed by atoms with Gasteiger partial charge in [0.15, 0.2) is 0 Å². The molecule has 142 valence electrons. The summed E-state index contributed by atoms with van der Waals surface area (Å²) in [5, 5.41) is 0. The minimum absolute atomic E-state index is 0.0295. The molecular formula is C22H27N3O2. The summed E-state index contributed by atoms with van der Waals surface area (Å²) in [6.45, 7) is 7.21. The summed E-state index contributed by atoms with van der Waals surface area (Å²) >= 11 is 0. The summed E-state index contributed by atoms with van der Waals surface area (Å²) in [7, 11) is 0. The van der Waals surface area contributed by atoms with Crippen molar-refractivity contribution in [2.45, 2.75) is 51.9 Å². The van der Waals surface area contributed by atoms with E-state index in [0.29, 0.717) is 19.6 Å². The van der Waals surface area contributed by atoms with Gasteiger partial charge in [-0.2, -0.15) is 0 Å². The molecule has 1 aliphatic carbocycles. The Morgan fingerprint density at radius 3 is 2.56 bits per heavy atom. The third-order valence-electron chi connectivity index (χ3n) is 6.15. The Kier molecular flexibility index (Phi) is 4.41. The number of fused-ring (bicyclic) bond motifs is 2. The largest absolute Gasteiger partial charge is 0.340 e. The Bertz CT molecular complexity index is 862. The maximum Gasteiger partial charge on any atom is 0.241 e. The van der Waals surface area contributed by atoms with Gasteiger partial charge >= 0.3 is 0 Å². The number of anilines is 1. The molecule has 0 atom stereocenters. The number of likely N-dealkylation sites (tertiary alicyclic amines) is 1. The fourth-order valence-electron chi connectivity index (χ4n) is 4.57. The molecule has 2 amide bonds. The lowest BCUT2D eigenvalue weighted by atomic mass is 9.74. The van der Waals surface area contributed by atoms with Gasteiger partial charge in [0.1, 0.15) is 5.41 Å². The summed E-state index contributed by atoms with van der Waals surface area (Å²) in [5.41, 5.74) is 4.99. The molecule has 2 aliphatic heterocycles. The molecule has 0 bridgehead atoms. The summed E-state index contributed by atoms with van der Waals surface area (Å²) in [5.74, 6) is 0.131. The van der Waals surface area contributed by atoms with Crippen LogP contribution in [0.2, 0.25) is 0 Å². The second-order valence-electron chi connectivity index (χ2n) is 8.15. The lowest BCUT2D eigenvalue weighted by molar-refractivity contribution is -0.142. The summed E-state index contributed by atoms with van der Waals surface area (Å²) in [6.07, 6.45) is 4.60. The van der Waals surface area contributed by atoms with E-state index < -0.39 is 5.41 Å². The highest BCUT2D eigenvalue weighted by Crippen LogP contribution is 2.47. The van der Waals surface area contributed by atoms with Crippen LogP contribution in [0, 0.1) is 0 Å². The van der Waals surface area contributed by atoms with Crippen LogP contribution in [0.25, 0.3) is 0 Å². The van der Waals surface area contributed by atoms with Gasteiger partial charge in [0, 0.05) is 37.1 Å². The molecule has 5 heteroatoms. The van der Waals surface area contributed by atoms with Crippen molar-refractivity contribution in [1.29, 1.82) is 0 Å². The molecule has 1 aromatic rings. The molecule has 0 radical (unpaired) electrons. The van der Waals surface area contributed by atoms with E-state index in [1.165, 1.54) is 24.1 Å². The molecule has 1 spiro atoms. The van der Waals surface area contributed by atoms with E-state index in [1.807, 2.05) is 36.1 Å². The van der Waals surface area contributed by atoms with Crippen LogP contribution in [0.15, 0.2) is 40.5 Å². The molecule has 0 unspecified atom stereocenters. The van der Waals surface area contributed by atoms with Crippen LogP contribution < -0.4 is 4.90 Å². The van der Waals surface area contributed by atoms with E-state index in [4.69, 9.17) is 4.99 Å². The number of hydrogen-bond acceptors (Lipinski definition) is 3. The van der Waals surface area contributed by atoms with Crippen LogP contribution in [-0.2, 0) is 15.0 Å². The van der Waals surface area contributed by atoms with Gasteiger partial charge in [-0.05, 0) is 51.2 Å². The molecule has 27 heavy (non-hydrogen) atoms. The normalized spacial score (nSPS) is 21.6. The third kappa shape index (κ3) is 2.89. The lowest BCUT2D eigenvalue weighted by Gasteiger charge is -2.46. The number of nitrogens with zero attached hydrogens (tertiary/aromatic N) is 3. The zero-order chi connectivity index (χ0) is 19.2. The van der Waals surface area contributed by atoms with E-state index in [-0.39, 0.29) is 11.8 Å². The molecule has 0 aromatic heterocycles. The Labute approximate surface area is 160 Å². The van der Waals surface area contributed by atoms with Gasteiger partial charge in [-0.15, -0.1) is 0 Å². The molecule has 5 nitrogen and oxygen atoms in total. The van der Waals surface area contributed by atoms with Crippen molar-refractivity contribution in [2.24, 2.45) is 4.99 Å². The standard InChI is InChI=1S/C22H27N3O2/c1-15-8-4-6-10-19(15)23-16(2)12-25-20-11-7-5-9-18(20)22(21(25)27)13-24(14-22)17(3)26/h5,7,9,11H,4,6,8,10,12-14H2,1-3H3/b23-16+. The van der Waals surface area contributed by atoms with Gasteiger partial charge in [-0.3, -0.25) is 14.6 Å². The highest BCUT2D eigenvalue weighted by Gasteiger charge is 2.58. The van der Waals surface area contributed by atoms with Crippen molar-refractivity contribution in [1.82, 2.24) is 4.90 Å². The first kappa shape index (κ1) is 18.0. The minimum Gasteiger partial charge on any atom is -0.340 e. The van der Waals surface area contributed by atoms with E-state index in [0.717, 1.165) is 29.8 Å². The van der Waals surface area contributed by atoms with Crippen molar-refractivity contribution in [3.8, 4) is 0 Å². The third-order valence-corrected chi connectivity index (χ3v) is 6.15. The van der Waals surface area contributed by atoms with Crippen molar-refractivity contribution in [2.75, 3.05) is 24.5 Å². The second-order valence-corrected chi connectivity index (χ2v) is 8.15. The molecule has 0 saturated carbocycles. The second kappa shape index (κ2) is 6.63. The molecule has 0 N–H and O–H groups in total. The van der Waals surface area contributed by atoms with Gasteiger partial charge in [-0.1, -0.05) is 23.8 Å². The van der Waals surface area contributed by atoms with Gasteiger partial charge in [-0.25, -0.2) is 0 Å². The number of carbonyl (C=O) groups excluding carboxylic acids is 2. The zero-order valence-corrected chi connectivity index (χ0v) is 16.4. The predicted octanol–water partition coefficient (Wildman–Crippen LogP) is 3.44. The Balaban J connectivity index is 1.61. The van der Waals surface area contributed by atoms with E-state index in [1.54, 1.807) is 11.8 Å². The molecule has 2 heterocycles. The van der Waals surface area contributed by atoms with Crippen molar-refractivity contribution in [3.05, 3.63) is 41.1 Å². The number of rotatable bonds is 3. The van der Waals surface area contributed by atoms with Gasteiger partial charge in [0.25, 0.3) is 0 Å². The number of amides is 2. The van der Waals surface area contributed by atoms with Crippen LogP contribution in [0.4, 0.5) is 5.69 Å². The highest BCUT2D eigenvalue weighted by molar-refractivity contribution is 6.12. The molecule has 1 saturated heterocycles. The quantitative estimate of drug-likeness (QED) is 0.771. The first-order chi connectivity index (χ1) is 12.9. The van der Waals surface area contributed by atoms with Crippen LogP contribution in [0.5, 0.6) is 0 Å². The molecule has 1 fully saturated rings. The summed E-state index contributed by atoms with van der Waals surface area (Å²) < 4.78 is 0. The SMILES string of the molecule is CC(=O)N1CC2(C1)C(=O)N(C/C(C)=N/C1=C(C)CCCC1)c1ccccc12. The molecule has 4 rings (SSSR count). The van der Waals surface area contributed by atoms with Crippen molar-refractivity contribution < 1.29 is 9.59 Å². The fraction of sp³-hybridized carbons (Fsp3) is 0.500. The van der Waals surface area contributed by atoms with E-state index in [2.05, 4.69) is 6.92 Å². The summed E-state index contributed by atoms with van der Waals surface area (Å²) in [4.78, 5) is 33.5. The number of hydrogen-bond donors (Lipinski definition) is 0. The average molecular weight is 365 g/mol. The number of benzene rings is 1. The maximum absolute atomic E-state index is 13.3. The number of aliphatic imine (C=N–C) groups is 1. The van der Waals surface area contributed by atoms with Gasteiger partial charge < -0.3 is 9.80 Å². The molecule has 3 aliphatic rings. The van der Waals surface area contributed by atoms with E-state index in [9.17, 15) is 9.59 Å². The first-order valence-corrected chi connectivity index (χ1v) is 9.82. The Morgan fingerprint density at radius 1 is 1.15 bits per heavy atom. The highest BCUT2D eigenvalue weighted by atomic mass is 16.2. The van der Waals surface area contributed by atoms with Crippen LogP contribution in [-0.4, -0.2) is 42.1 Å². The van der Waals surface area contributed by atoms with Gasteiger partial charge in [0.05, 0.1) is 6.54 Å². The Hall–Kier alpha value is -2.43. The molecular weight excluding hydrogens is 338 g/mol. The number of para-hydroxylation sites is 1. The van der Waals surface area contributed by atoms with Gasteiger partial charge in [0.2, 0.25) is 11.8 Å². The van der Waals surface area contributed by atoms with Crippen molar-refractivity contribution in [3.63, 3.8) is 0 Å². The zero-order valence-electron chi connectivity index (χ0n) is 16.4. The van der Waals surface area contributed by atoms with Crippen LogP contribution in [0.3, 0.4) is 0 Å². The monoisotopic (exact) mass is 365 g/mol. The van der Waals surface area contributed by atoms with Crippen molar-refractivity contribution >= 4 is 23.2 Å². The predicted molar refractivity (Wildman–Crippen MR) is 107 cm³/mol. The van der Waals surface area contributed by atoms with Crippen LogP contribution in [0.1, 0.15) is 52.0 Å². The smallest absolute Gasteiger partial charge is 0.241 e. The maximum atomic E-state index is 13.3. The van der Waals surface area contributed by atoms with Crippen LogP contribution >= 0.6 is 0 Å². The van der Waals surface area contributed by atoms with E-state index >= 15 is 0 Å². The fourth-order valence-corrected chi connectivity index (χ4v) is 4.57. The topological polar surface area (TPSA) is 53.0 Å². The average Bonchev–Trinajstić information content (AvgIpc) is 2.84. The Morgan fingerprint density at radius 2 is 1.85 bits per heavy atom.